The van der Waals surface area contributed by atoms with Crippen molar-refractivity contribution in [3.05, 3.63) is 22.4 Å². The van der Waals surface area contributed by atoms with Crippen LogP contribution in [0.2, 0.25) is 0 Å². The summed E-state index contributed by atoms with van der Waals surface area (Å²) in [6.07, 6.45) is 1.14. The Bertz CT molecular complexity index is 205. The summed E-state index contributed by atoms with van der Waals surface area (Å²) in [4.78, 5) is 3.66. The van der Waals surface area contributed by atoms with Crippen molar-refractivity contribution in [2.75, 3.05) is 19.7 Å². The molecule has 0 fully saturated rings. The van der Waals surface area contributed by atoms with Crippen molar-refractivity contribution in [1.82, 2.24) is 4.90 Å². The molecule has 0 aliphatic rings. The van der Waals surface area contributed by atoms with Crippen molar-refractivity contribution in [2.45, 2.75) is 19.9 Å². The maximum Gasteiger partial charge on any atom is 0.0558 e. The lowest BCUT2D eigenvalue weighted by molar-refractivity contribution is 0.191. The summed E-state index contributed by atoms with van der Waals surface area (Å²) >= 11 is 1.78. The van der Waals surface area contributed by atoms with Crippen LogP contribution in [0.4, 0.5) is 0 Å². The number of hydrogen-bond acceptors (Lipinski definition) is 3. The standard InChI is InChI=1S/C10H17NOS/c1-2-5-11(6-7-12)9-10-4-3-8-13-10/h3-4,8,12H,2,5-7,9H2,1H3. The van der Waals surface area contributed by atoms with Gasteiger partial charge in [-0.25, -0.2) is 0 Å². The average molecular weight is 199 g/mol. The van der Waals surface area contributed by atoms with Crippen LogP contribution < -0.4 is 0 Å². The maximum absolute atomic E-state index is 8.85. The van der Waals surface area contributed by atoms with Crippen molar-refractivity contribution in [1.29, 1.82) is 0 Å². The Morgan fingerprint density at radius 1 is 1.46 bits per heavy atom. The van der Waals surface area contributed by atoms with E-state index in [-0.39, 0.29) is 6.61 Å². The minimum Gasteiger partial charge on any atom is -0.395 e. The zero-order valence-corrected chi connectivity index (χ0v) is 8.89. The van der Waals surface area contributed by atoms with Gasteiger partial charge in [-0.3, -0.25) is 4.90 Å². The highest BCUT2D eigenvalue weighted by Crippen LogP contribution is 2.11. The summed E-state index contributed by atoms with van der Waals surface area (Å²) in [6, 6.07) is 4.22. The van der Waals surface area contributed by atoms with Crippen molar-refractivity contribution in [3.8, 4) is 0 Å². The van der Waals surface area contributed by atoms with Crippen LogP contribution in [-0.2, 0) is 6.54 Å². The van der Waals surface area contributed by atoms with E-state index in [0.29, 0.717) is 0 Å². The third kappa shape index (κ3) is 3.89. The van der Waals surface area contributed by atoms with Crippen LogP contribution in [0.5, 0.6) is 0 Å². The Morgan fingerprint density at radius 3 is 2.85 bits per heavy atom. The molecule has 1 aromatic heterocycles. The van der Waals surface area contributed by atoms with Crippen molar-refractivity contribution in [2.24, 2.45) is 0 Å². The molecule has 0 amide bonds. The molecule has 0 unspecified atom stereocenters. The highest BCUT2D eigenvalue weighted by atomic mass is 32.1. The quantitative estimate of drug-likeness (QED) is 0.757. The third-order valence-electron chi connectivity index (χ3n) is 1.92. The summed E-state index contributed by atoms with van der Waals surface area (Å²) in [5, 5.41) is 10.9. The van der Waals surface area contributed by atoms with Gasteiger partial charge in [0.2, 0.25) is 0 Å². The molecular formula is C10H17NOS. The number of thiophene rings is 1. The molecule has 0 aromatic carbocycles. The highest BCUT2D eigenvalue weighted by molar-refractivity contribution is 7.09. The van der Waals surface area contributed by atoms with Gasteiger partial charge < -0.3 is 5.11 Å². The topological polar surface area (TPSA) is 23.5 Å². The molecule has 74 valence electrons. The molecule has 0 spiro atoms. The SMILES string of the molecule is CCCN(CCO)Cc1cccs1. The number of hydrogen-bond donors (Lipinski definition) is 1. The van der Waals surface area contributed by atoms with E-state index in [9.17, 15) is 0 Å². The van der Waals surface area contributed by atoms with Gasteiger partial charge in [0.15, 0.2) is 0 Å². The number of nitrogens with zero attached hydrogens (tertiary/aromatic N) is 1. The third-order valence-corrected chi connectivity index (χ3v) is 2.78. The Labute approximate surface area is 83.8 Å². The summed E-state index contributed by atoms with van der Waals surface area (Å²) in [5.41, 5.74) is 0. The van der Waals surface area contributed by atoms with E-state index in [1.54, 1.807) is 11.3 Å². The maximum atomic E-state index is 8.85. The fourth-order valence-corrected chi connectivity index (χ4v) is 2.10. The molecule has 1 aromatic rings. The second-order valence-electron chi connectivity index (χ2n) is 3.08. The van der Waals surface area contributed by atoms with Gasteiger partial charge in [0, 0.05) is 18.0 Å². The van der Waals surface area contributed by atoms with E-state index >= 15 is 0 Å². The predicted octanol–water partition coefficient (Wildman–Crippen LogP) is 1.95. The zero-order valence-electron chi connectivity index (χ0n) is 8.07. The van der Waals surface area contributed by atoms with Crippen LogP contribution in [-0.4, -0.2) is 29.7 Å². The van der Waals surface area contributed by atoms with E-state index in [1.165, 1.54) is 4.88 Å². The van der Waals surface area contributed by atoms with Crippen LogP contribution in [0.1, 0.15) is 18.2 Å². The number of aliphatic hydroxyl groups excluding tert-OH is 1. The van der Waals surface area contributed by atoms with E-state index in [2.05, 4.69) is 29.3 Å². The first-order valence-electron chi connectivity index (χ1n) is 4.72. The van der Waals surface area contributed by atoms with Crippen LogP contribution in [0.3, 0.4) is 0 Å². The molecule has 3 heteroatoms. The van der Waals surface area contributed by atoms with E-state index in [4.69, 9.17) is 5.11 Å². The summed E-state index contributed by atoms with van der Waals surface area (Å²) in [7, 11) is 0. The van der Waals surface area contributed by atoms with Gasteiger partial charge >= 0.3 is 0 Å². The van der Waals surface area contributed by atoms with E-state index < -0.39 is 0 Å². The predicted molar refractivity (Wildman–Crippen MR) is 57.0 cm³/mol. The Kier molecular flexibility index (Phi) is 5.05. The molecule has 0 atom stereocenters. The highest BCUT2D eigenvalue weighted by Gasteiger charge is 2.04. The number of aliphatic hydroxyl groups is 1. The molecule has 0 saturated heterocycles. The lowest BCUT2D eigenvalue weighted by Crippen LogP contribution is -2.26. The Hall–Kier alpha value is -0.380. The van der Waals surface area contributed by atoms with Crippen LogP contribution >= 0.6 is 11.3 Å². The largest absolute Gasteiger partial charge is 0.395 e. The average Bonchev–Trinajstić information content (AvgIpc) is 2.58. The summed E-state index contributed by atoms with van der Waals surface area (Å²) in [5.74, 6) is 0. The van der Waals surface area contributed by atoms with Gasteiger partial charge in [-0.1, -0.05) is 13.0 Å². The van der Waals surface area contributed by atoms with Gasteiger partial charge in [-0.2, -0.15) is 0 Å². The first-order valence-corrected chi connectivity index (χ1v) is 5.60. The van der Waals surface area contributed by atoms with Crippen LogP contribution in [0, 0.1) is 0 Å². The van der Waals surface area contributed by atoms with E-state index in [0.717, 1.165) is 26.1 Å². The first kappa shape index (κ1) is 10.7. The normalized spacial score (nSPS) is 11.0. The van der Waals surface area contributed by atoms with Gasteiger partial charge in [0.25, 0.3) is 0 Å². The van der Waals surface area contributed by atoms with Gasteiger partial charge in [0.05, 0.1) is 6.61 Å². The van der Waals surface area contributed by atoms with E-state index in [1.807, 2.05) is 0 Å². The molecule has 0 radical (unpaired) electrons. The first-order chi connectivity index (χ1) is 6.36. The molecule has 1 heterocycles. The number of rotatable bonds is 6. The smallest absolute Gasteiger partial charge is 0.0558 e. The monoisotopic (exact) mass is 199 g/mol. The molecule has 0 aliphatic heterocycles. The Balaban J connectivity index is 2.37. The lowest BCUT2D eigenvalue weighted by atomic mass is 10.3. The molecule has 13 heavy (non-hydrogen) atoms. The summed E-state index contributed by atoms with van der Waals surface area (Å²) < 4.78 is 0. The van der Waals surface area contributed by atoms with Gasteiger partial charge in [0.1, 0.15) is 0 Å². The second-order valence-corrected chi connectivity index (χ2v) is 4.11. The minimum absolute atomic E-state index is 0.255. The minimum atomic E-state index is 0.255. The molecule has 1 N–H and O–H groups in total. The van der Waals surface area contributed by atoms with Gasteiger partial charge in [-0.05, 0) is 24.4 Å². The molecule has 0 saturated carbocycles. The van der Waals surface area contributed by atoms with Crippen LogP contribution in [0.15, 0.2) is 17.5 Å². The molecule has 0 aliphatic carbocycles. The van der Waals surface area contributed by atoms with Gasteiger partial charge in [-0.15, -0.1) is 11.3 Å². The molecule has 1 rings (SSSR count). The molecule has 2 nitrogen and oxygen atoms in total. The van der Waals surface area contributed by atoms with Crippen molar-refractivity contribution in [3.63, 3.8) is 0 Å². The summed E-state index contributed by atoms with van der Waals surface area (Å²) in [6.45, 7) is 5.25. The lowest BCUT2D eigenvalue weighted by Gasteiger charge is -2.19. The van der Waals surface area contributed by atoms with Crippen molar-refractivity contribution < 1.29 is 5.11 Å². The zero-order chi connectivity index (χ0) is 9.52. The van der Waals surface area contributed by atoms with Crippen LogP contribution in [0.25, 0.3) is 0 Å². The van der Waals surface area contributed by atoms with Crippen molar-refractivity contribution >= 4 is 11.3 Å². The molecular weight excluding hydrogens is 182 g/mol. The Morgan fingerprint density at radius 2 is 2.31 bits per heavy atom. The fourth-order valence-electron chi connectivity index (χ4n) is 1.35. The fraction of sp³-hybridized carbons (Fsp3) is 0.600. The molecule has 0 bridgehead atoms. The second kappa shape index (κ2) is 6.13.